The van der Waals surface area contributed by atoms with E-state index in [0.717, 1.165) is 9.83 Å². The van der Waals surface area contributed by atoms with E-state index in [0.29, 0.717) is 12.2 Å². The summed E-state index contributed by atoms with van der Waals surface area (Å²) < 4.78 is 16.4. The van der Waals surface area contributed by atoms with Crippen LogP contribution in [0.25, 0.3) is 0 Å². The second-order valence-corrected chi connectivity index (χ2v) is 19.1. The van der Waals surface area contributed by atoms with Crippen molar-refractivity contribution in [2.24, 2.45) is 0 Å². The first-order valence-electron chi connectivity index (χ1n) is 8.02. The number of hydrogen-bond donors (Lipinski definition) is 0. The average molecular weight is 533 g/mol. The summed E-state index contributed by atoms with van der Waals surface area (Å²) in [6, 6.07) is 0. The van der Waals surface area contributed by atoms with Gasteiger partial charge in [-0.1, -0.05) is 0 Å². The fraction of sp³-hybridized carbons (Fsp3) is 1.00. The van der Waals surface area contributed by atoms with E-state index >= 15 is 0 Å². The molecular weight excluding hydrogens is 511 g/mol. The van der Waals surface area contributed by atoms with Crippen LogP contribution < -0.4 is 0 Å². The van der Waals surface area contributed by atoms with Gasteiger partial charge < -0.3 is 0 Å². The normalized spacial score (nSPS) is 49.8. The second kappa shape index (κ2) is 8.05. The number of rotatable bonds is 4. The van der Waals surface area contributed by atoms with Gasteiger partial charge in [-0.15, -0.1) is 0 Å². The molecule has 0 bridgehead atoms. The summed E-state index contributed by atoms with van der Waals surface area (Å²) in [4.78, 5) is 0. The van der Waals surface area contributed by atoms with Gasteiger partial charge in [-0.3, -0.25) is 0 Å². The molecule has 4 aliphatic rings. The predicted molar refractivity (Wildman–Crippen MR) is 115 cm³/mol. The van der Waals surface area contributed by atoms with Crippen molar-refractivity contribution in [1.29, 1.82) is 0 Å². The van der Waals surface area contributed by atoms with Crippen molar-refractivity contribution < 1.29 is 9.47 Å². The molecular formula is C14H22O2S6Sn. The zero-order chi connectivity index (χ0) is 15.9. The van der Waals surface area contributed by atoms with E-state index in [4.69, 9.17) is 9.47 Å². The molecule has 4 saturated heterocycles. The van der Waals surface area contributed by atoms with E-state index in [1.165, 1.54) is 31.9 Å². The minimum atomic E-state index is -0.259. The van der Waals surface area contributed by atoms with E-state index in [1.807, 2.05) is 23.5 Å². The zero-order valence-corrected chi connectivity index (χ0v) is 21.1. The van der Waals surface area contributed by atoms with E-state index in [2.05, 4.69) is 60.9 Å². The molecule has 0 saturated carbocycles. The fourth-order valence-corrected chi connectivity index (χ4v) is 21.0. The molecule has 0 N–H and O–H groups in total. The van der Waals surface area contributed by atoms with Crippen LogP contribution in [0, 0.1) is 0 Å². The second-order valence-electron chi connectivity index (χ2n) is 6.23. The molecule has 2 nitrogen and oxygen atoms in total. The summed E-state index contributed by atoms with van der Waals surface area (Å²) in [7, 11) is 0. The Morgan fingerprint density at radius 1 is 0.957 bits per heavy atom. The zero-order valence-electron chi connectivity index (χ0n) is 13.3. The van der Waals surface area contributed by atoms with E-state index < -0.39 is 0 Å². The first-order valence-corrected chi connectivity index (χ1v) is 17.8. The Morgan fingerprint density at radius 2 is 1.74 bits per heavy atom. The van der Waals surface area contributed by atoms with Crippen LogP contribution in [0.5, 0.6) is 0 Å². The van der Waals surface area contributed by atoms with Gasteiger partial charge >= 0.3 is 177 Å². The molecule has 6 atom stereocenters. The Balaban J connectivity index is 1.17. The quantitative estimate of drug-likeness (QED) is 0.476. The maximum absolute atomic E-state index is 6.19. The molecule has 23 heavy (non-hydrogen) atoms. The van der Waals surface area contributed by atoms with Crippen LogP contribution in [0.3, 0.4) is 0 Å². The Hall–Kier alpha value is 2.82. The van der Waals surface area contributed by atoms with Crippen LogP contribution in [0.4, 0.5) is 0 Å². The van der Waals surface area contributed by atoms with Crippen molar-refractivity contribution >= 4 is 91.7 Å². The SMILES string of the molecule is CC1CSC2(CSC([CH2][Sn][CH2]C3CSC4(OC(C)CS4)S3)S2)O1. The number of thioether (sulfide) groups is 6. The first-order chi connectivity index (χ1) is 11.1. The third-order valence-corrected chi connectivity index (χ3v) is 21.2. The monoisotopic (exact) mass is 534 g/mol. The molecule has 4 aliphatic heterocycles. The summed E-state index contributed by atoms with van der Waals surface area (Å²) in [6.07, 6.45) is 0.883. The Labute approximate surface area is 175 Å². The number of ether oxygens (including phenoxy) is 2. The van der Waals surface area contributed by atoms with Crippen molar-refractivity contribution in [1.82, 2.24) is 0 Å². The third-order valence-electron chi connectivity index (χ3n) is 3.96. The van der Waals surface area contributed by atoms with Crippen LogP contribution >= 0.6 is 70.6 Å². The van der Waals surface area contributed by atoms with Gasteiger partial charge in [-0.2, -0.15) is 0 Å². The molecule has 0 aromatic rings. The first kappa shape index (κ1) is 19.1. The Morgan fingerprint density at radius 3 is 2.48 bits per heavy atom. The summed E-state index contributed by atoms with van der Waals surface area (Å²) >= 11 is 12.3. The number of hydrogen-bond acceptors (Lipinski definition) is 8. The van der Waals surface area contributed by atoms with E-state index in [-0.39, 0.29) is 29.0 Å². The van der Waals surface area contributed by atoms with Crippen LogP contribution in [0.1, 0.15) is 13.8 Å². The van der Waals surface area contributed by atoms with Crippen molar-refractivity contribution in [2.75, 3.05) is 23.0 Å². The van der Waals surface area contributed by atoms with Crippen molar-refractivity contribution in [2.45, 2.75) is 52.6 Å². The van der Waals surface area contributed by atoms with E-state index in [9.17, 15) is 0 Å². The molecule has 4 fully saturated rings. The topological polar surface area (TPSA) is 18.5 Å². The van der Waals surface area contributed by atoms with Crippen molar-refractivity contribution in [3.63, 3.8) is 0 Å². The van der Waals surface area contributed by atoms with Crippen molar-refractivity contribution in [3.05, 3.63) is 0 Å². The van der Waals surface area contributed by atoms with Gasteiger partial charge in [0.2, 0.25) is 0 Å². The molecule has 0 aromatic carbocycles. The van der Waals surface area contributed by atoms with E-state index in [1.54, 1.807) is 0 Å². The summed E-state index contributed by atoms with van der Waals surface area (Å²) in [5.41, 5.74) is 0. The average Bonchev–Trinajstić information content (AvgIpc) is 3.25. The standard InChI is InChI=1S/2C7H11OS3.Sn/c1-5-3-10-7(8-5)4-9-6(2)11-7;1-5-3-9-7(8-5)10-4-6(2)11-7;/h2*5-6H,2-4H2,1H3;. The summed E-state index contributed by atoms with van der Waals surface area (Å²) in [6.45, 7) is 4.42. The van der Waals surface area contributed by atoms with Gasteiger partial charge in [-0.05, 0) is 0 Å². The van der Waals surface area contributed by atoms with Crippen molar-refractivity contribution in [3.8, 4) is 0 Å². The summed E-state index contributed by atoms with van der Waals surface area (Å²) in [5.74, 6) is 4.83. The molecule has 4 rings (SSSR count). The Bertz CT molecular complexity index is 407. The van der Waals surface area contributed by atoms with Crippen LogP contribution in [0.15, 0.2) is 0 Å². The van der Waals surface area contributed by atoms with Gasteiger partial charge in [-0.25, -0.2) is 0 Å². The maximum atomic E-state index is 6.19. The van der Waals surface area contributed by atoms with Crippen LogP contribution in [-0.2, 0) is 9.47 Å². The van der Waals surface area contributed by atoms with Gasteiger partial charge in [0.1, 0.15) is 0 Å². The minimum absolute atomic E-state index is 0.0644. The van der Waals surface area contributed by atoms with Gasteiger partial charge in [0.25, 0.3) is 0 Å². The van der Waals surface area contributed by atoms with Crippen LogP contribution in [-0.4, -0.2) is 74.1 Å². The van der Waals surface area contributed by atoms with Crippen LogP contribution in [0.2, 0.25) is 8.87 Å². The third kappa shape index (κ3) is 4.63. The molecule has 2 radical (unpaired) electrons. The fourth-order valence-electron chi connectivity index (χ4n) is 2.92. The molecule has 4 heterocycles. The Kier molecular flexibility index (Phi) is 6.70. The molecule has 0 aliphatic carbocycles. The molecule has 6 unspecified atom stereocenters. The van der Waals surface area contributed by atoms with Gasteiger partial charge in [0, 0.05) is 0 Å². The molecule has 9 heteroatoms. The van der Waals surface area contributed by atoms with Gasteiger partial charge in [0.05, 0.1) is 0 Å². The summed E-state index contributed by atoms with van der Waals surface area (Å²) in [5, 5.41) is 0.854. The predicted octanol–water partition coefficient (Wildman–Crippen LogP) is 4.75. The molecule has 0 aromatic heterocycles. The van der Waals surface area contributed by atoms with Gasteiger partial charge in [0.15, 0.2) is 0 Å². The molecule has 130 valence electrons. The molecule has 2 spiro atoms. The molecule has 0 amide bonds.